The number of rotatable bonds is 3. The molecule has 2 rings (SSSR count). The average molecular weight is 384 g/mol. The van der Waals surface area contributed by atoms with E-state index in [1.54, 1.807) is 24.3 Å². The van der Waals surface area contributed by atoms with Crippen LogP contribution in [0.5, 0.6) is 0 Å². The summed E-state index contributed by atoms with van der Waals surface area (Å²) in [5, 5.41) is 3.20. The van der Waals surface area contributed by atoms with Gasteiger partial charge in [-0.2, -0.15) is 0 Å². The van der Waals surface area contributed by atoms with E-state index in [9.17, 15) is 4.79 Å². The van der Waals surface area contributed by atoms with Crippen LogP contribution < -0.4 is 11.1 Å². The third-order valence-electron chi connectivity index (χ3n) is 2.97. The Bertz CT molecular complexity index is 734. The van der Waals surface area contributed by atoms with Gasteiger partial charge in [0.2, 0.25) is 0 Å². The molecule has 0 atom stereocenters. The average Bonchev–Trinajstić information content (AvgIpc) is 2.43. The van der Waals surface area contributed by atoms with Crippen LogP contribution >= 0.6 is 39.7 Å². The summed E-state index contributed by atoms with van der Waals surface area (Å²) < 4.78 is 0.672. The minimum Gasteiger partial charge on any atom is -0.389 e. The largest absolute Gasteiger partial charge is 0.389 e. The Morgan fingerprint density at radius 3 is 2.71 bits per heavy atom. The lowest BCUT2D eigenvalue weighted by Crippen LogP contribution is -2.15. The number of nitrogens with two attached hydrogens (primary N) is 1. The Morgan fingerprint density at radius 2 is 2.05 bits per heavy atom. The van der Waals surface area contributed by atoms with Crippen molar-refractivity contribution in [1.29, 1.82) is 0 Å². The van der Waals surface area contributed by atoms with Gasteiger partial charge in [-0.15, -0.1) is 0 Å². The van der Waals surface area contributed by atoms with Gasteiger partial charge in [0.05, 0.1) is 10.6 Å². The molecule has 0 aliphatic heterocycles. The number of carbonyl (C=O) groups excluding carboxylic acids is 1. The van der Waals surface area contributed by atoms with Crippen LogP contribution in [0.4, 0.5) is 5.69 Å². The van der Waals surface area contributed by atoms with Gasteiger partial charge in [-0.05, 0) is 46.6 Å². The van der Waals surface area contributed by atoms with E-state index in [-0.39, 0.29) is 10.9 Å². The van der Waals surface area contributed by atoms with E-state index in [4.69, 9.17) is 29.6 Å². The molecule has 108 valence electrons. The summed E-state index contributed by atoms with van der Waals surface area (Å²) in [5.74, 6) is -0.288. The zero-order chi connectivity index (χ0) is 15.6. The van der Waals surface area contributed by atoms with E-state index in [2.05, 4.69) is 21.2 Å². The summed E-state index contributed by atoms with van der Waals surface area (Å²) in [6.45, 7) is 1.89. The Labute approximate surface area is 141 Å². The predicted octanol–water partition coefficient (Wildman–Crippen LogP) is 4.30. The van der Waals surface area contributed by atoms with E-state index >= 15 is 0 Å². The first kappa shape index (κ1) is 15.9. The molecule has 2 aromatic rings. The quantitative estimate of drug-likeness (QED) is 0.777. The van der Waals surface area contributed by atoms with Gasteiger partial charge in [-0.3, -0.25) is 4.79 Å². The normalized spacial score (nSPS) is 10.2. The molecule has 21 heavy (non-hydrogen) atoms. The molecule has 0 aliphatic carbocycles. The van der Waals surface area contributed by atoms with Crippen LogP contribution in [0, 0.1) is 6.92 Å². The minimum absolute atomic E-state index is 0.283. The van der Waals surface area contributed by atoms with Gasteiger partial charge in [0.25, 0.3) is 5.91 Å². The monoisotopic (exact) mass is 382 g/mol. The summed E-state index contributed by atoms with van der Waals surface area (Å²) in [5.41, 5.74) is 8.27. The van der Waals surface area contributed by atoms with Crippen molar-refractivity contribution in [2.24, 2.45) is 5.73 Å². The van der Waals surface area contributed by atoms with Crippen molar-refractivity contribution in [3.63, 3.8) is 0 Å². The number of hydrogen-bond donors (Lipinski definition) is 2. The van der Waals surface area contributed by atoms with Crippen molar-refractivity contribution in [1.82, 2.24) is 0 Å². The molecule has 3 N–H and O–H groups in total. The minimum atomic E-state index is -0.288. The van der Waals surface area contributed by atoms with Crippen LogP contribution in [0.15, 0.2) is 40.9 Å². The topological polar surface area (TPSA) is 55.1 Å². The number of halogens is 2. The SMILES string of the molecule is Cc1ccc(C(N)=S)cc1NC(=O)c1cccc(Br)c1Cl. The maximum atomic E-state index is 12.3. The molecule has 3 nitrogen and oxygen atoms in total. The fourth-order valence-corrected chi connectivity index (χ4v) is 2.48. The van der Waals surface area contributed by atoms with Crippen molar-refractivity contribution >= 4 is 56.3 Å². The Morgan fingerprint density at radius 1 is 1.33 bits per heavy atom. The lowest BCUT2D eigenvalue weighted by molar-refractivity contribution is 0.102. The van der Waals surface area contributed by atoms with Gasteiger partial charge < -0.3 is 11.1 Å². The summed E-state index contributed by atoms with van der Waals surface area (Å²) in [4.78, 5) is 12.6. The third kappa shape index (κ3) is 3.61. The van der Waals surface area contributed by atoms with Gasteiger partial charge in [-0.1, -0.05) is 42.0 Å². The van der Waals surface area contributed by atoms with E-state index in [0.29, 0.717) is 26.3 Å². The van der Waals surface area contributed by atoms with E-state index < -0.39 is 0 Å². The number of nitrogens with one attached hydrogen (secondary N) is 1. The van der Waals surface area contributed by atoms with E-state index in [1.807, 2.05) is 19.1 Å². The van der Waals surface area contributed by atoms with Crippen molar-refractivity contribution in [2.45, 2.75) is 6.92 Å². The van der Waals surface area contributed by atoms with Gasteiger partial charge in [-0.25, -0.2) is 0 Å². The third-order valence-corrected chi connectivity index (χ3v) is 4.50. The molecule has 0 heterocycles. The van der Waals surface area contributed by atoms with Gasteiger partial charge in [0.1, 0.15) is 4.99 Å². The zero-order valence-corrected chi connectivity index (χ0v) is 14.3. The Balaban J connectivity index is 2.33. The summed E-state index contributed by atoms with van der Waals surface area (Å²) in [6, 6.07) is 10.6. The first-order chi connectivity index (χ1) is 9.90. The van der Waals surface area contributed by atoms with Crippen LogP contribution in [-0.4, -0.2) is 10.9 Å². The summed E-state index contributed by atoms with van der Waals surface area (Å²) in [6.07, 6.45) is 0. The molecule has 0 spiro atoms. The molecule has 0 radical (unpaired) electrons. The fourth-order valence-electron chi connectivity index (χ4n) is 1.78. The molecule has 0 fully saturated rings. The Hall–Kier alpha value is -1.43. The van der Waals surface area contributed by atoms with E-state index in [0.717, 1.165) is 5.56 Å². The maximum absolute atomic E-state index is 12.3. The lowest BCUT2D eigenvalue weighted by Gasteiger charge is -2.11. The molecular weight excluding hydrogens is 372 g/mol. The smallest absolute Gasteiger partial charge is 0.257 e. The van der Waals surface area contributed by atoms with Crippen LogP contribution in [0.25, 0.3) is 0 Å². The van der Waals surface area contributed by atoms with Crippen LogP contribution in [0.3, 0.4) is 0 Å². The number of benzene rings is 2. The highest BCUT2D eigenvalue weighted by atomic mass is 79.9. The summed E-state index contributed by atoms with van der Waals surface area (Å²) in [7, 11) is 0. The molecule has 0 unspecified atom stereocenters. The number of thiocarbonyl (C=S) groups is 1. The van der Waals surface area contributed by atoms with Crippen molar-refractivity contribution in [3.8, 4) is 0 Å². The first-order valence-corrected chi connectivity index (χ1v) is 7.64. The molecular formula is C15H12BrClN2OS. The lowest BCUT2D eigenvalue weighted by atomic mass is 10.1. The first-order valence-electron chi connectivity index (χ1n) is 6.06. The maximum Gasteiger partial charge on any atom is 0.257 e. The molecule has 1 amide bonds. The highest BCUT2D eigenvalue weighted by Crippen LogP contribution is 2.27. The second-order valence-electron chi connectivity index (χ2n) is 4.45. The van der Waals surface area contributed by atoms with Gasteiger partial charge >= 0.3 is 0 Å². The van der Waals surface area contributed by atoms with Crippen LogP contribution in [0.2, 0.25) is 5.02 Å². The molecule has 6 heteroatoms. The molecule has 0 saturated heterocycles. The molecule has 0 bridgehead atoms. The van der Waals surface area contributed by atoms with Crippen molar-refractivity contribution in [3.05, 3.63) is 62.6 Å². The summed E-state index contributed by atoms with van der Waals surface area (Å²) >= 11 is 14.4. The zero-order valence-electron chi connectivity index (χ0n) is 11.1. The number of anilines is 1. The van der Waals surface area contributed by atoms with E-state index in [1.165, 1.54) is 0 Å². The highest BCUT2D eigenvalue weighted by Gasteiger charge is 2.14. The highest BCUT2D eigenvalue weighted by molar-refractivity contribution is 9.10. The molecule has 0 aliphatic rings. The molecule has 0 saturated carbocycles. The Kier molecular flexibility index (Phi) is 4.98. The van der Waals surface area contributed by atoms with Crippen LogP contribution in [-0.2, 0) is 0 Å². The fraction of sp³-hybridized carbons (Fsp3) is 0.0667. The second kappa shape index (κ2) is 6.56. The number of amides is 1. The standard InChI is InChI=1S/C15H12BrClN2OS/c1-8-5-6-9(14(18)21)7-12(8)19-15(20)10-3-2-4-11(16)13(10)17/h2-7H,1H3,(H2,18,21)(H,19,20). The number of hydrogen-bond acceptors (Lipinski definition) is 2. The number of carbonyl (C=O) groups is 1. The second-order valence-corrected chi connectivity index (χ2v) is 6.12. The van der Waals surface area contributed by atoms with Crippen LogP contribution in [0.1, 0.15) is 21.5 Å². The molecule has 2 aromatic carbocycles. The molecule has 0 aromatic heterocycles. The van der Waals surface area contributed by atoms with Crippen molar-refractivity contribution in [2.75, 3.05) is 5.32 Å². The number of aryl methyl sites for hydroxylation is 1. The predicted molar refractivity (Wildman–Crippen MR) is 94.2 cm³/mol. The van der Waals surface area contributed by atoms with Gasteiger partial charge in [0.15, 0.2) is 0 Å². The van der Waals surface area contributed by atoms with Gasteiger partial charge in [0, 0.05) is 15.7 Å². The van der Waals surface area contributed by atoms with Crippen molar-refractivity contribution < 1.29 is 4.79 Å².